The van der Waals surface area contributed by atoms with Crippen LogP contribution in [-0.4, -0.2) is 23.5 Å². The maximum atomic E-state index is 13.5. The standard InChI is InChI=1S/C26H25N5O4S2/c1-2-34-26(33)18-13-8-5-3-4-6-10-16(13)36-24(18)31-23(32)21-20(28)19-17(15-9-7-11-35-15)14(12-27)22(29)30-25(19)37-21/h7,9,11H,2-6,8,10,28H2,1H3,(H2,29,30)(H,31,32). The molecule has 190 valence electrons. The van der Waals surface area contributed by atoms with Crippen molar-refractivity contribution in [1.29, 1.82) is 5.26 Å². The minimum Gasteiger partial charge on any atom is -0.464 e. The fourth-order valence-corrected chi connectivity index (χ4v) is 6.99. The van der Waals surface area contributed by atoms with E-state index in [-0.39, 0.29) is 28.6 Å². The molecule has 0 atom stereocenters. The summed E-state index contributed by atoms with van der Waals surface area (Å²) < 4.78 is 10.9. The zero-order valence-corrected chi connectivity index (χ0v) is 21.8. The molecule has 0 aliphatic heterocycles. The first-order chi connectivity index (χ1) is 17.9. The van der Waals surface area contributed by atoms with Gasteiger partial charge in [0, 0.05) is 10.3 Å². The number of aryl methyl sites for hydroxylation is 1. The average Bonchev–Trinajstić information content (AvgIpc) is 3.57. The summed E-state index contributed by atoms with van der Waals surface area (Å²) in [7, 11) is 0. The molecule has 0 bridgehead atoms. The quantitative estimate of drug-likeness (QED) is 0.273. The van der Waals surface area contributed by atoms with Crippen molar-refractivity contribution in [2.24, 2.45) is 0 Å². The number of nitriles is 1. The van der Waals surface area contributed by atoms with Crippen LogP contribution in [0.25, 0.3) is 21.5 Å². The van der Waals surface area contributed by atoms with Crippen molar-refractivity contribution in [3.8, 4) is 17.4 Å². The number of nitrogen functional groups attached to an aromatic ring is 2. The number of hydrogen-bond donors (Lipinski definition) is 3. The maximum absolute atomic E-state index is 13.5. The number of nitrogens with two attached hydrogens (primary N) is 2. The highest BCUT2D eigenvalue weighted by atomic mass is 32.1. The molecule has 5 N–H and O–H groups in total. The van der Waals surface area contributed by atoms with Crippen LogP contribution in [0.3, 0.4) is 0 Å². The molecule has 0 aromatic carbocycles. The Morgan fingerprint density at radius 1 is 1.22 bits per heavy atom. The Labute approximate surface area is 221 Å². The predicted octanol–water partition coefficient (Wildman–Crippen LogP) is 5.74. The minimum atomic E-state index is -0.470. The summed E-state index contributed by atoms with van der Waals surface area (Å²) in [6, 6.07) is 5.45. The van der Waals surface area contributed by atoms with E-state index in [1.54, 1.807) is 19.1 Å². The first-order valence-electron chi connectivity index (χ1n) is 12.0. The largest absolute Gasteiger partial charge is 0.464 e. The van der Waals surface area contributed by atoms with Gasteiger partial charge in [0.25, 0.3) is 5.91 Å². The smallest absolute Gasteiger partial charge is 0.341 e. The van der Waals surface area contributed by atoms with E-state index < -0.39 is 11.9 Å². The lowest BCUT2D eigenvalue weighted by atomic mass is 9.96. The molecule has 0 radical (unpaired) electrons. The Balaban J connectivity index is 1.60. The second-order valence-electron chi connectivity index (χ2n) is 8.66. The number of pyridine rings is 1. The highest BCUT2D eigenvalue weighted by molar-refractivity contribution is 7.21. The summed E-state index contributed by atoms with van der Waals surface area (Å²) in [5.41, 5.74) is 14.6. The van der Waals surface area contributed by atoms with Gasteiger partial charge >= 0.3 is 5.97 Å². The third-order valence-corrected chi connectivity index (χ3v) is 8.67. The van der Waals surface area contributed by atoms with Gasteiger partial charge in [-0.2, -0.15) is 5.26 Å². The Hall–Kier alpha value is -3.88. The molecule has 0 unspecified atom stereocenters. The van der Waals surface area contributed by atoms with Crippen molar-refractivity contribution in [3.63, 3.8) is 0 Å². The SMILES string of the molecule is CCOC(=O)c1c(NC(=O)c2sc3nc(N)c(C#N)c(-c4ccco4)c3c2N)sc2c1CCCCCC2. The molecule has 4 aromatic rings. The molecule has 37 heavy (non-hydrogen) atoms. The van der Waals surface area contributed by atoms with Crippen molar-refractivity contribution in [1.82, 2.24) is 4.98 Å². The number of amides is 1. The Kier molecular flexibility index (Phi) is 6.86. The van der Waals surface area contributed by atoms with Gasteiger partial charge < -0.3 is 25.9 Å². The molecule has 0 saturated heterocycles. The van der Waals surface area contributed by atoms with Crippen molar-refractivity contribution >= 4 is 61.3 Å². The number of rotatable bonds is 5. The number of nitrogens with zero attached hydrogens (tertiary/aromatic N) is 2. The van der Waals surface area contributed by atoms with Gasteiger partial charge in [-0.25, -0.2) is 9.78 Å². The van der Waals surface area contributed by atoms with Crippen molar-refractivity contribution in [3.05, 3.63) is 44.8 Å². The van der Waals surface area contributed by atoms with E-state index in [4.69, 9.17) is 20.6 Å². The molecule has 4 aromatic heterocycles. The summed E-state index contributed by atoms with van der Waals surface area (Å²) in [6.07, 6.45) is 7.39. The number of nitrogens with one attached hydrogen (secondary N) is 1. The van der Waals surface area contributed by atoms with Crippen LogP contribution in [0.15, 0.2) is 22.8 Å². The molecule has 5 rings (SSSR count). The highest BCUT2D eigenvalue weighted by Crippen LogP contribution is 2.44. The highest BCUT2D eigenvalue weighted by Gasteiger charge is 2.29. The number of ether oxygens (including phenoxy) is 1. The number of carbonyl (C=O) groups is 2. The molecule has 0 spiro atoms. The second kappa shape index (κ2) is 10.2. The third-order valence-electron chi connectivity index (χ3n) is 6.37. The maximum Gasteiger partial charge on any atom is 0.341 e. The number of thiophene rings is 2. The van der Waals surface area contributed by atoms with Gasteiger partial charge in [-0.05, 0) is 50.3 Å². The minimum absolute atomic E-state index is 0.0252. The number of esters is 1. The van der Waals surface area contributed by atoms with Gasteiger partial charge in [-0.3, -0.25) is 4.79 Å². The molecule has 4 heterocycles. The Morgan fingerprint density at radius 3 is 2.70 bits per heavy atom. The van der Waals surface area contributed by atoms with Crippen LogP contribution in [0, 0.1) is 11.3 Å². The van der Waals surface area contributed by atoms with Crippen LogP contribution in [0.5, 0.6) is 0 Å². The fourth-order valence-electron chi connectivity index (χ4n) is 4.71. The van der Waals surface area contributed by atoms with Gasteiger partial charge in [0.05, 0.1) is 29.7 Å². The van der Waals surface area contributed by atoms with Crippen LogP contribution in [0.2, 0.25) is 0 Å². The van der Waals surface area contributed by atoms with E-state index in [0.717, 1.165) is 60.3 Å². The van der Waals surface area contributed by atoms with Crippen molar-refractivity contribution in [2.75, 3.05) is 23.4 Å². The zero-order valence-electron chi connectivity index (χ0n) is 20.2. The second-order valence-corrected chi connectivity index (χ2v) is 10.8. The van der Waals surface area contributed by atoms with Crippen LogP contribution < -0.4 is 16.8 Å². The molecule has 0 fully saturated rings. The first-order valence-corrected chi connectivity index (χ1v) is 13.7. The molecule has 1 aliphatic rings. The van der Waals surface area contributed by atoms with Gasteiger partial charge in [0.1, 0.15) is 37.9 Å². The summed E-state index contributed by atoms with van der Waals surface area (Å²) in [5.74, 6) is -0.483. The van der Waals surface area contributed by atoms with Crippen LogP contribution in [-0.2, 0) is 17.6 Å². The topological polar surface area (TPSA) is 157 Å². The Morgan fingerprint density at radius 2 is 2.00 bits per heavy atom. The van der Waals surface area contributed by atoms with Gasteiger partial charge in [0.2, 0.25) is 0 Å². The van der Waals surface area contributed by atoms with Crippen LogP contribution >= 0.6 is 22.7 Å². The molecular formula is C26H25N5O4S2. The van der Waals surface area contributed by atoms with E-state index >= 15 is 0 Å². The monoisotopic (exact) mass is 535 g/mol. The lowest BCUT2D eigenvalue weighted by Crippen LogP contribution is -2.15. The molecule has 1 amide bonds. The third kappa shape index (κ3) is 4.43. The van der Waals surface area contributed by atoms with Crippen molar-refractivity contribution in [2.45, 2.75) is 45.4 Å². The van der Waals surface area contributed by atoms with Crippen LogP contribution in [0.1, 0.15) is 68.6 Å². The summed E-state index contributed by atoms with van der Waals surface area (Å²) in [6.45, 7) is 2.00. The molecular weight excluding hydrogens is 510 g/mol. The number of hydrogen-bond acceptors (Lipinski definition) is 10. The van der Waals surface area contributed by atoms with Gasteiger partial charge in [0.15, 0.2) is 0 Å². The lowest BCUT2D eigenvalue weighted by Gasteiger charge is -2.11. The van der Waals surface area contributed by atoms with Crippen molar-refractivity contribution < 1.29 is 18.7 Å². The fraction of sp³-hybridized carbons (Fsp3) is 0.308. The normalized spacial score (nSPS) is 13.4. The van der Waals surface area contributed by atoms with E-state index in [2.05, 4.69) is 16.4 Å². The first kappa shape index (κ1) is 24.8. The van der Waals surface area contributed by atoms with E-state index in [9.17, 15) is 14.9 Å². The summed E-state index contributed by atoms with van der Waals surface area (Å²) >= 11 is 2.49. The number of carbonyl (C=O) groups excluding carboxylic acids is 2. The zero-order chi connectivity index (χ0) is 26.1. The molecule has 1 aliphatic carbocycles. The molecule has 11 heteroatoms. The number of fused-ring (bicyclic) bond motifs is 2. The lowest BCUT2D eigenvalue weighted by molar-refractivity contribution is 0.0526. The molecule has 0 saturated carbocycles. The predicted molar refractivity (Wildman–Crippen MR) is 145 cm³/mol. The van der Waals surface area contributed by atoms with E-state index in [0.29, 0.717) is 32.1 Å². The number of furan rings is 1. The summed E-state index contributed by atoms with van der Waals surface area (Å²) in [5, 5.41) is 13.6. The van der Waals surface area contributed by atoms with E-state index in [1.807, 2.05) is 0 Å². The number of aromatic nitrogens is 1. The summed E-state index contributed by atoms with van der Waals surface area (Å²) in [4.78, 5) is 32.6. The number of anilines is 3. The van der Waals surface area contributed by atoms with Gasteiger partial charge in [-0.1, -0.05) is 12.8 Å². The van der Waals surface area contributed by atoms with E-state index in [1.165, 1.54) is 17.6 Å². The average molecular weight is 536 g/mol. The Bertz CT molecular complexity index is 1550. The molecule has 9 nitrogen and oxygen atoms in total. The van der Waals surface area contributed by atoms with Gasteiger partial charge in [-0.15, -0.1) is 22.7 Å². The van der Waals surface area contributed by atoms with Crippen LogP contribution in [0.4, 0.5) is 16.5 Å².